The van der Waals surface area contributed by atoms with Gasteiger partial charge in [-0.1, -0.05) is 48.0 Å². The highest BCUT2D eigenvalue weighted by atomic mass is 35.5. The molecular weight excluding hydrogens is 402 g/mol. The molecule has 0 fully saturated rings. The van der Waals surface area contributed by atoms with Crippen molar-refractivity contribution < 1.29 is 19.7 Å². The lowest BCUT2D eigenvalue weighted by Crippen LogP contribution is -2.23. The van der Waals surface area contributed by atoms with Gasteiger partial charge in [0, 0.05) is 17.1 Å². The van der Waals surface area contributed by atoms with Gasteiger partial charge in [0.15, 0.2) is 0 Å². The summed E-state index contributed by atoms with van der Waals surface area (Å²) in [5.74, 6) is -0.216. The van der Waals surface area contributed by atoms with Crippen LogP contribution in [0.2, 0.25) is 5.02 Å². The predicted octanol–water partition coefficient (Wildman–Crippen LogP) is 4.58. The Balaban J connectivity index is 1.59. The molecule has 0 saturated carbocycles. The van der Waals surface area contributed by atoms with Crippen molar-refractivity contribution in [3.8, 4) is 16.9 Å². The third-order valence-electron chi connectivity index (χ3n) is 4.87. The summed E-state index contributed by atoms with van der Waals surface area (Å²) in [4.78, 5) is 11.0. The number of aliphatic hydroxyl groups is 1. The van der Waals surface area contributed by atoms with Gasteiger partial charge in [-0.15, -0.1) is 0 Å². The van der Waals surface area contributed by atoms with E-state index in [-0.39, 0.29) is 5.56 Å². The first-order valence-corrected chi connectivity index (χ1v) is 10.0. The average molecular weight is 426 g/mol. The number of halogens is 1. The lowest BCUT2D eigenvalue weighted by Gasteiger charge is -2.14. The summed E-state index contributed by atoms with van der Waals surface area (Å²) in [6.07, 6.45) is 0.158. The van der Waals surface area contributed by atoms with Crippen LogP contribution in [-0.4, -0.2) is 36.4 Å². The van der Waals surface area contributed by atoms with Crippen LogP contribution in [0, 0.1) is 0 Å². The summed E-state index contributed by atoms with van der Waals surface area (Å²) < 4.78 is 5.54. The number of aromatic carboxylic acids is 1. The van der Waals surface area contributed by atoms with Crippen LogP contribution in [0.4, 0.5) is 0 Å². The Morgan fingerprint density at radius 2 is 1.87 bits per heavy atom. The molecule has 0 spiro atoms. The number of hydrogen-bond acceptors (Lipinski definition) is 4. The molecule has 0 saturated heterocycles. The Morgan fingerprint density at radius 1 is 1.10 bits per heavy atom. The van der Waals surface area contributed by atoms with Crippen LogP contribution in [0.5, 0.6) is 5.75 Å². The van der Waals surface area contributed by atoms with Gasteiger partial charge in [0.05, 0.1) is 18.8 Å². The van der Waals surface area contributed by atoms with Gasteiger partial charge in [0.25, 0.3) is 0 Å². The van der Waals surface area contributed by atoms with Gasteiger partial charge < -0.3 is 20.3 Å². The molecule has 0 aliphatic carbocycles. The van der Waals surface area contributed by atoms with E-state index in [0.29, 0.717) is 18.1 Å². The zero-order valence-electron chi connectivity index (χ0n) is 16.6. The topological polar surface area (TPSA) is 78.8 Å². The number of hydrogen-bond donors (Lipinski definition) is 3. The number of ether oxygens (including phenoxy) is 1. The number of benzene rings is 3. The van der Waals surface area contributed by atoms with Gasteiger partial charge in [0.1, 0.15) is 5.75 Å². The molecule has 0 radical (unpaired) electrons. The molecule has 3 aromatic rings. The molecule has 0 unspecified atom stereocenters. The summed E-state index contributed by atoms with van der Waals surface area (Å²) in [5, 5.41) is 23.2. The van der Waals surface area contributed by atoms with Crippen LogP contribution in [0.3, 0.4) is 0 Å². The summed E-state index contributed by atoms with van der Waals surface area (Å²) >= 11 is 5.97. The Morgan fingerprint density at radius 3 is 2.53 bits per heavy atom. The van der Waals surface area contributed by atoms with Crippen LogP contribution < -0.4 is 10.1 Å². The van der Waals surface area contributed by atoms with Gasteiger partial charge in [-0.2, -0.15) is 0 Å². The van der Waals surface area contributed by atoms with Crippen LogP contribution in [0.15, 0.2) is 66.7 Å². The fourth-order valence-corrected chi connectivity index (χ4v) is 3.42. The van der Waals surface area contributed by atoms with Crippen molar-refractivity contribution in [3.05, 3.63) is 88.4 Å². The van der Waals surface area contributed by atoms with E-state index in [0.717, 1.165) is 34.4 Å². The molecule has 30 heavy (non-hydrogen) atoms. The van der Waals surface area contributed by atoms with Crippen molar-refractivity contribution in [1.29, 1.82) is 0 Å². The van der Waals surface area contributed by atoms with E-state index < -0.39 is 12.1 Å². The average Bonchev–Trinajstić information content (AvgIpc) is 2.76. The van der Waals surface area contributed by atoms with E-state index in [1.54, 1.807) is 43.5 Å². The summed E-state index contributed by atoms with van der Waals surface area (Å²) in [6, 6.07) is 19.9. The maximum Gasteiger partial charge on any atom is 0.335 e. The smallest absolute Gasteiger partial charge is 0.335 e. The Kier molecular flexibility index (Phi) is 7.46. The monoisotopic (exact) mass is 425 g/mol. The molecule has 6 heteroatoms. The molecule has 5 nitrogen and oxygen atoms in total. The van der Waals surface area contributed by atoms with Crippen LogP contribution in [-0.2, 0) is 6.42 Å². The second-order valence-corrected chi connectivity index (χ2v) is 7.38. The second-order valence-electron chi connectivity index (χ2n) is 6.94. The lowest BCUT2D eigenvalue weighted by molar-refractivity contribution is 0.0697. The van der Waals surface area contributed by atoms with Crippen LogP contribution >= 0.6 is 11.6 Å². The normalized spacial score (nSPS) is 11.8. The van der Waals surface area contributed by atoms with Crippen molar-refractivity contribution in [2.45, 2.75) is 12.5 Å². The van der Waals surface area contributed by atoms with Crippen molar-refractivity contribution in [2.75, 3.05) is 20.2 Å². The molecule has 1 atom stereocenters. The van der Waals surface area contributed by atoms with E-state index in [9.17, 15) is 9.90 Å². The molecule has 156 valence electrons. The number of aliphatic hydroxyl groups excluding tert-OH is 1. The van der Waals surface area contributed by atoms with Crippen LogP contribution in [0.1, 0.15) is 27.6 Å². The Labute approximate surface area is 180 Å². The molecule has 0 aromatic heterocycles. The molecular formula is C24H24ClNO4. The molecule has 0 aliphatic heterocycles. The van der Waals surface area contributed by atoms with Gasteiger partial charge >= 0.3 is 5.97 Å². The first-order chi connectivity index (χ1) is 14.5. The first kappa shape index (κ1) is 21.8. The van der Waals surface area contributed by atoms with Crippen molar-refractivity contribution in [1.82, 2.24) is 5.32 Å². The minimum Gasteiger partial charge on any atom is -0.496 e. The number of rotatable bonds is 9. The van der Waals surface area contributed by atoms with E-state index >= 15 is 0 Å². The van der Waals surface area contributed by atoms with E-state index in [4.69, 9.17) is 21.4 Å². The third kappa shape index (κ3) is 5.60. The quantitative estimate of drug-likeness (QED) is 0.437. The van der Waals surface area contributed by atoms with Gasteiger partial charge in [-0.3, -0.25) is 0 Å². The number of nitrogens with one attached hydrogen (secondary N) is 1. The van der Waals surface area contributed by atoms with E-state index in [1.165, 1.54) is 0 Å². The molecule has 3 aromatic carbocycles. The zero-order valence-corrected chi connectivity index (χ0v) is 17.4. The first-order valence-electron chi connectivity index (χ1n) is 9.63. The maximum atomic E-state index is 11.0. The fourth-order valence-electron chi connectivity index (χ4n) is 3.23. The molecule has 0 amide bonds. The van der Waals surface area contributed by atoms with Crippen molar-refractivity contribution in [3.63, 3.8) is 0 Å². The summed E-state index contributed by atoms with van der Waals surface area (Å²) in [7, 11) is 1.62. The zero-order chi connectivity index (χ0) is 21.5. The van der Waals surface area contributed by atoms with Crippen molar-refractivity contribution >= 4 is 17.6 Å². The molecule has 0 heterocycles. The highest BCUT2D eigenvalue weighted by molar-refractivity contribution is 6.30. The Bertz CT molecular complexity index is 1000. The second kappa shape index (κ2) is 10.3. The lowest BCUT2D eigenvalue weighted by atomic mass is 10.00. The fraction of sp³-hybridized carbons (Fsp3) is 0.208. The largest absolute Gasteiger partial charge is 0.496 e. The summed E-state index contributed by atoms with van der Waals surface area (Å²) in [6.45, 7) is 1.14. The minimum absolute atomic E-state index is 0.250. The maximum absolute atomic E-state index is 11.0. The van der Waals surface area contributed by atoms with Gasteiger partial charge in [-0.25, -0.2) is 4.79 Å². The predicted molar refractivity (Wildman–Crippen MR) is 118 cm³/mol. The minimum atomic E-state index is -0.947. The molecule has 0 bridgehead atoms. The standard InChI is InChI=1S/C24H24ClNO4/c1-30-23-13-16(5-10-21(23)17-6-8-18(9-7-17)24(28)29)11-12-26-15-22(27)19-3-2-4-20(25)14-19/h2-10,13-14,22,26-27H,11-12,15H2,1H3,(H,28,29)/t22-/m0/s1. The summed E-state index contributed by atoms with van der Waals surface area (Å²) in [5.41, 5.74) is 3.94. The van der Waals surface area contributed by atoms with E-state index in [2.05, 4.69) is 5.32 Å². The van der Waals surface area contributed by atoms with Crippen LogP contribution in [0.25, 0.3) is 11.1 Å². The number of carboxylic acids is 1. The van der Waals surface area contributed by atoms with Crippen molar-refractivity contribution in [2.24, 2.45) is 0 Å². The number of carbonyl (C=O) groups is 1. The van der Waals surface area contributed by atoms with Gasteiger partial charge in [0.2, 0.25) is 0 Å². The number of methoxy groups -OCH3 is 1. The SMILES string of the molecule is COc1cc(CCNC[C@H](O)c2cccc(Cl)c2)ccc1-c1ccc(C(=O)O)cc1. The number of carboxylic acid groups (broad SMARTS) is 1. The van der Waals surface area contributed by atoms with E-state index in [1.807, 2.05) is 30.3 Å². The molecule has 3 rings (SSSR count). The third-order valence-corrected chi connectivity index (χ3v) is 5.11. The Hall–Kier alpha value is -2.86. The highest BCUT2D eigenvalue weighted by Gasteiger charge is 2.10. The molecule has 3 N–H and O–H groups in total. The van der Waals surface area contributed by atoms with Gasteiger partial charge in [-0.05, 0) is 60.0 Å². The molecule has 0 aliphatic rings. The highest BCUT2D eigenvalue weighted by Crippen LogP contribution is 2.31.